The standard InChI is InChI=1S/C25H22FN3O4.C24H20FN3O3/c1-15-23(24(30)25(31)28-18-10-11-27-22(12-18)33-3)20-13-19(32-2)8-9-21(20)29(15)14-16-4-6-17(26)7-5-16;1-15-22(23(29)24(30)27-18-11-12-26-21(13-18)31-2)19-5-3-4-6-20(19)28(15)14-16-7-9-17(25)10-8-16/h4-13H,14H2,1-3H3,(H,27,28,31);3-13H,14H2,1-2H3,(H,26,27,30). The van der Waals surface area contributed by atoms with E-state index in [0.29, 0.717) is 69.7 Å². The Kier molecular flexibility index (Phi) is 13.2. The lowest BCUT2D eigenvalue weighted by Gasteiger charge is -2.09. The molecule has 0 saturated heterocycles. The molecular weight excluding hydrogens is 823 g/mol. The molecule has 0 aliphatic carbocycles. The van der Waals surface area contributed by atoms with E-state index < -0.39 is 23.4 Å². The number of hydrogen-bond donors (Lipinski definition) is 2. The number of carbonyl (C=O) groups is 4. The van der Waals surface area contributed by atoms with Crippen LogP contribution < -0.4 is 24.8 Å². The number of pyridine rings is 2. The van der Waals surface area contributed by atoms with Gasteiger partial charge in [-0.3, -0.25) is 19.2 Å². The highest BCUT2D eigenvalue weighted by molar-refractivity contribution is 6.49. The molecule has 0 atom stereocenters. The molecule has 324 valence electrons. The molecule has 0 aliphatic rings. The van der Waals surface area contributed by atoms with E-state index in [1.54, 1.807) is 62.4 Å². The minimum absolute atomic E-state index is 0.282. The summed E-state index contributed by atoms with van der Waals surface area (Å²) in [6, 6.07) is 31.4. The highest BCUT2D eigenvalue weighted by Crippen LogP contribution is 2.32. The van der Waals surface area contributed by atoms with Gasteiger partial charge in [0.25, 0.3) is 23.4 Å². The van der Waals surface area contributed by atoms with Crippen molar-refractivity contribution >= 4 is 56.6 Å². The summed E-state index contributed by atoms with van der Waals surface area (Å²) in [4.78, 5) is 60.0. The molecule has 64 heavy (non-hydrogen) atoms. The summed E-state index contributed by atoms with van der Waals surface area (Å²) in [5.74, 6) is -2.27. The van der Waals surface area contributed by atoms with Crippen molar-refractivity contribution < 1.29 is 42.2 Å². The van der Waals surface area contributed by atoms with Gasteiger partial charge in [-0.05, 0) is 85.6 Å². The van der Waals surface area contributed by atoms with E-state index in [1.807, 2.05) is 39.5 Å². The summed E-state index contributed by atoms with van der Waals surface area (Å²) in [6.45, 7) is 4.44. The molecule has 8 aromatic rings. The quantitative estimate of drug-likeness (QED) is 0.0855. The molecule has 4 aromatic carbocycles. The van der Waals surface area contributed by atoms with E-state index in [9.17, 15) is 28.0 Å². The smallest absolute Gasteiger partial charge is 0.296 e. The molecule has 0 fully saturated rings. The summed E-state index contributed by atoms with van der Waals surface area (Å²) in [7, 11) is 4.47. The van der Waals surface area contributed by atoms with Gasteiger partial charge in [-0.2, -0.15) is 0 Å². The number of aromatic nitrogens is 4. The van der Waals surface area contributed by atoms with E-state index in [-0.39, 0.29) is 17.2 Å². The van der Waals surface area contributed by atoms with Crippen LogP contribution in [0.1, 0.15) is 43.2 Å². The Balaban J connectivity index is 0.000000192. The lowest BCUT2D eigenvalue weighted by Crippen LogP contribution is -2.23. The molecule has 4 aromatic heterocycles. The van der Waals surface area contributed by atoms with E-state index >= 15 is 0 Å². The molecule has 2 N–H and O–H groups in total. The van der Waals surface area contributed by atoms with Crippen molar-refractivity contribution in [1.82, 2.24) is 19.1 Å². The van der Waals surface area contributed by atoms with Gasteiger partial charge in [0.2, 0.25) is 11.8 Å². The van der Waals surface area contributed by atoms with Crippen LogP contribution in [0.5, 0.6) is 17.5 Å². The summed E-state index contributed by atoms with van der Waals surface area (Å²) in [5.41, 5.74) is 6.06. The van der Waals surface area contributed by atoms with Gasteiger partial charge in [0, 0.05) is 82.2 Å². The number of nitrogens with zero attached hydrogens (tertiary/aromatic N) is 4. The van der Waals surface area contributed by atoms with E-state index in [1.165, 1.54) is 70.1 Å². The van der Waals surface area contributed by atoms with Gasteiger partial charge in [0.1, 0.15) is 17.4 Å². The number of ketones is 2. The number of carbonyl (C=O) groups excluding carboxylic acids is 4. The maximum atomic E-state index is 13.3. The zero-order valence-electron chi connectivity index (χ0n) is 35.4. The van der Waals surface area contributed by atoms with Gasteiger partial charge in [0.05, 0.1) is 32.5 Å². The van der Waals surface area contributed by atoms with Gasteiger partial charge in [-0.15, -0.1) is 0 Å². The second-order valence-electron chi connectivity index (χ2n) is 14.5. The molecule has 8 rings (SSSR count). The zero-order valence-corrected chi connectivity index (χ0v) is 35.4. The van der Waals surface area contributed by atoms with E-state index in [4.69, 9.17) is 14.2 Å². The van der Waals surface area contributed by atoms with Gasteiger partial charge < -0.3 is 34.0 Å². The van der Waals surface area contributed by atoms with Crippen LogP contribution in [0.2, 0.25) is 0 Å². The predicted molar refractivity (Wildman–Crippen MR) is 238 cm³/mol. The number of halogens is 2. The fraction of sp³-hybridized carbons (Fsp3) is 0.143. The molecule has 15 heteroatoms. The first-order valence-electron chi connectivity index (χ1n) is 19.8. The monoisotopic (exact) mass is 864 g/mol. The van der Waals surface area contributed by atoms with Crippen molar-refractivity contribution in [3.8, 4) is 17.5 Å². The van der Waals surface area contributed by atoms with Crippen LogP contribution in [0.25, 0.3) is 21.8 Å². The molecule has 0 radical (unpaired) electrons. The first-order chi connectivity index (χ1) is 30.9. The molecule has 0 unspecified atom stereocenters. The first-order valence-corrected chi connectivity index (χ1v) is 19.8. The number of nitrogens with one attached hydrogen (secondary N) is 2. The van der Waals surface area contributed by atoms with Crippen LogP contribution in [-0.4, -0.2) is 63.8 Å². The lowest BCUT2D eigenvalue weighted by molar-refractivity contribution is -0.113. The van der Waals surface area contributed by atoms with Crippen LogP contribution in [0.15, 0.2) is 128 Å². The number of hydrogen-bond acceptors (Lipinski definition) is 9. The Bertz CT molecular complexity index is 3040. The number of Topliss-reactive ketones (excluding diaryl/α,β-unsaturated/α-hetero) is 2. The summed E-state index contributed by atoms with van der Waals surface area (Å²) in [5, 5.41) is 6.51. The Morgan fingerprint density at radius 2 is 1.00 bits per heavy atom. The Hall–Kier alpha value is -8.20. The Morgan fingerprint density at radius 1 is 0.547 bits per heavy atom. The summed E-state index contributed by atoms with van der Waals surface area (Å²) < 4.78 is 46.0. The SMILES string of the molecule is COc1cc(NC(=O)C(=O)c2c(C)n(Cc3ccc(F)cc3)c3ccccc23)ccn1.COc1ccc2c(c1)c(C(=O)C(=O)Nc1ccnc(OC)c1)c(C)n2Cc1ccc(F)cc1. The lowest BCUT2D eigenvalue weighted by atomic mass is 10.1. The molecule has 0 spiro atoms. The predicted octanol–water partition coefficient (Wildman–Crippen LogP) is 8.73. The largest absolute Gasteiger partial charge is 0.497 e. The van der Waals surface area contributed by atoms with Crippen molar-refractivity contribution in [2.75, 3.05) is 32.0 Å². The molecule has 13 nitrogen and oxygen atoms in total. The van der Waals surface area contributed by atoms with Crippen molar-refractivity contribution in [3.05, 3.63) is 173 Å². The van der Waals surface area contributed by atoms with E-state index in [0.717, 1.165) is 22.2 Å². The second kappa shape index (κ2) is 19.2. The van der Waals surface area contributed by atoms with Crippen LogP contribution in [0, 0.1) is 25.5 Å². The van der Waals surface area contributed by atoms with Gasteiger partial charge in [-0.25, -0.2) is 18.7 Å². The normalized spacial score (nSPS) is 10.8. The third-order valence-electron chi connectivity index (χ3n) is 10.5. The molecule has 2 amide bonds. The first kappa shape index (κ1) is 43.9. The van der Waals surface area contributed by atoms with Crippen molar-refractivity contribution in [2.24, 2.45) is 0 Å². The maximum Gasteiger partial charge on any atom is 0.296 e. The topological polar surface area (TPSA) is 156 Å². The highest BCUT2D eigenvalue weighted by atomic mass is 19.1. The van der Waals surface area contributed by atoms with Crippen LogP contribution in [0.3, 0.4) is 0 Å². The van der Waals surface area contributed by atoms with E-state index in [2.05, 4.69) is 20.6 Å². The number of benzene rings is 4. The molecule has 0 saturated carbocycles. The minimum Gasteiger partial charge on any atom is -0.497 e. The molecule has 4 heterocycles. The second-order valence-corrected chi connectivity index (χ2v) is 14.5. The average Bonchev–Trinajstić information content (AvgIpc) is 3.74. The Labute approximate surface area is 366 Å². The number of anilines is 2. The molecule has 0 aliphatic heterocycles. The van der Waals surface area contributed by atoms with Crippen LogP contribution in [0.4, 0.5) is 20.2 Å². The van der Waals surface area contributed by atoms with Crippen LogP contribution in [-0.2, 0) is 22.7 Å². The maximum absolute atomic E-state index is 13.3. The van der Waals surface area contributed by atoms with Crippen molar-refractivity contribution in [1.29, 1.82) is 0 Å². The fourth-order valence-electron chi connectivity index (χ4n) is 7.35. The van der Waals surface area contributed by atoms with Crippen molar-refractivity contribution in [3.63, 3.8) is 0 Å². The zero-order chi connectivity index (χ0) is 45.5. The third-order valence-corrected chi connectivity index (χ3v) is 10.5. The van der Waals surface area contributed by atoms with Gasteiger partial charge in [0.15, 0.2) is 0 Å². The fourth-order valence-corrected chi connectivity index (χ4v) is 7.35. The van der Waals surface area contributed by atoms with Gasteiger partial charge >= 0.3 is 0 Å². The highest BCUT2D eigenvalue weighted by Gasteiger charge is 2.27. The molecule has 0 bridgehead atoms. The number of fused-ring (bicyclic) bond motifs is 2. The van der Waals surface area contributed by atoms with Gasteiger partial charge in [-0.1, -0.05) is 42.5 Å². The average molecular weight is 865 g/mol. The van der Waals surface area contributed by atoms with Crippen LogP contribution >= 0.6 is 0 Å². The number of ether oxygens (including phenoxy) is 3. The Morgan fingerprint density at radius 3 is 1.47 bits per heavy atom. The summed E-state index contributed by atoms with van der Waals surface area (Å²) in [6.07, 6.45) is 2.96. The number of para-hydroxylation sites is 1. The number of methoxy groups -OCH3 is 3. The molecular formula is C49H42F2N6O7. The van der Waals surface area contributed by atoms with Crippen molar-refractivity contribution in [2.45, 2.75) is 26.9 Å². The minimum atomic E-state index is -0.782. The number of amides is 2. The summed E-state index contributed by atoms with van der Waals surface area (Å²) >= 11 is 0. The number of rotatable bonds is 13. The third kappa shape index (κ3) is 9.48.